The fraction of sp³-hybridized carbons (Fsp3) is 0.316. The van der Waals surface area contributed by atoms with E-state index in [1.54, 1.807) is 0 Å². The van der Waals surface area contributed by atoms with Crippen LogP contribution in [0.5, 0.6) is 0 Å². The molecule has 2 aromatic rings. The Morgan fingerprint density at radius 1 is 0.952 bits per heavy atom. The van der Waals surface area contributed by atoms with Crippen molar-refractivity contribution >= 4 is 5.69 Å². The van der Waals surface area contributed by atoms with Gasteiger partial charge in [0.05, 0.1) is 11.6 Å². The van der Waals surface area contributed by atoms with Crippen LogP contribution in [0.15, 0.2) is 54.6 Å². The van der Waals surface area contributed by atoms with Gasteiger partial charge in [-0.1, -0.05) is 49.2 Å². The summed E-state index contributed by atoms with van der Waals surface area (Å²) in [6, 6.07) is 21.2. The molecule has 21 heavy (non-hydrogen) atoms. The lowest BCUT2D eigenvalue weighted by molar-refractivity contribution is 0.405. The van der Waals surface area contributed by atoms with Gasteiger partial charge >= 0.3 is 0 Å². The Kier molecular flexibility index (Phi) is 4.21. The molecule has 0 aliphatic heterocycles. The molecule has 0 saturated heterocycles. The zero-order valence-corrected chi connectivity index (χ0v) is 12.1. The van der Waals surface area contributed by atoms with Crippen molar-refractivity contribution in [2.45, 2.75) is 37.6 Å². The lowest BCUT2D eigenvalue weighted by Crippen LogP contribution is -2.30. The highest BCUT2D eigenvalue weighted by Crippen LogP contribution is 2.34. The molecule has 1 aliphatic carbocycles. The first-order valence-electron chi connectivity index (χ1n) is 7.68. The van der Waals surface area contributed by atoms with Gasteiger partial charge < -0.3 is 5.32 Å². The number of hydrogen-bond donors (Lipinski definition) is 1. The van der Waals surface area contributed by atoms with Gasteiger partial charge in [0, 0.05) is 17.6 Å². The van der Waals surface area contributed by atoms with Gasteiger partial charge in [-0.05, 0) is 36.6 Å². The predicted molar refractivity (Wildman–Crippen MR) is 86.2 cm³/mol. The van der Waals surface area contributed by atoms with Gasteiger partial charge in [0.1, 0.15) is 0 Å². The zero-order chi connectivity index (χ0) is 14.5. The zero-order valence-electron chi connectivity index (χ0n) is 12.1. The molecule has 2 nitrogen and oxygen atoms in total. The second-order valence-electron chi connectivity index (χ2n) is 5.75. The summed E-state index contributed by atoms with van der Waals surface area (Å²) in [5.41, 5.74) is 3.19. The molecule has 106 valence electrons. The molecule has 1 saturated carbocycles. The average Bonchev–Trinajstić information content (AvgIpc) is 2.56. The molecule has 3 rings (SSSR count). The molecular weight excluding hydrogens is 256 g/mol. The molecule has 1 fully saturated rings. The Morgan fingerprint density at radius 3 is 2.57 bits per heavy atom. The topological polar surface area (TPSA) is 35.8 Å². The molecule has 0 heterocycles. The minimum atomic E-state index is 0.454. The second kappa shape index (κ2) is 6.45. The van der Waals surface area contributed by atoms with Crippen molar-refractivity contribution in [2.75, 3.05) is 5.32 Å². The summed E-state index contributed by atoms with van der Waals surface area (Å²) in [5.74, 6) is 0.561. The van der Waals surface area contributed by atoms with Gasteiger partial charge in [0.25, 0.3) is 0 Å². The number of nitrogens with zero attached hydrogens (tertiary/aromatic N) is 1. The summed E-state index contributed by atoms with van der Waals surface area (Å²) in [6.07, 6.45) is 5.00. The summed E-state index contributed by atoms with van der Waals surface area (Å²) >= 11 is 0. The van der Waals surface area contributed by atoms with Crippen LogP contribution in [-0.2, 0) is 0 Å². The summed E-state index contributed by atoms with van der Waals surface area (Å²) in [6.45, 7) is 0. The van der Waals surface area contributed by atoms with E-state index in [0.717, 1.165) is 5.69 Å². The minimum absolute atomic E-state index is 0.454. The fourth-order valence-electron chi connectivity index (χ4n) is 3.30. The highest BCUT2D eigenvalue weighted by Gasteiger charge is 2.26. The smallest absolute Gasteiger partial charge is 0.0992 e. The van der Waals surface area contributed by atoms with Crippen molar-refractivity contribution in [1.29, 1.82) is 5.26 Å². The lowest BCUT2D eigenvalue weighted by atomic mass is 9.80. The van der Waals surface area contributed by atoms with E-state index in [1.165, 1.54) is 31.2 Å². The van der Waals surface area contributed by atoms with Crippen LogP contribution in [0.1, 0.15) is 42.7 Å². The van der Waals surface area contributed by atoms with E-state index in [4.69, 9.17) is 5.26 Å². The van der Waals surface area contributed by atoms with Crippen LogP contribution in [0, 0.1) is 11.3 Å². The summed E-state index contributed by atoms with van der Waals surface area (Å²) in [5, 5.41) is 12.7. The average molecular weight is 276 g/mol. The van der Waals surface area contributed by atoms with Crippen LogP contribution in [0.2, 0.25) is 0 Å². The number of rotatable bonds is 3. The van der Waals surface area contributed by atoms with Gasteiger partial charge in [-0.15, -0.1) is 0 Å². The molecule has 0 spiro atoms. The number of nitrogens with one attached hydrogen (secondary N) is 1. The van der Waals surface area contributed by atoms with E-state index < -0.39 is 0 Å². The van der Waals surface area contributed by atoms with E-state index in [-0.39, 0.29) is 0 Å². The van der Waals surface area contributed by atoms with Gasteiger partial charge in [-0.25, -0.2) is 0 Å². The third-order valence-corrected chi connectivity index (χ3v) is 4.34. The molecule has 2 atom stereocenters. The predicted octanol–water partition coefficient (Wildman–Crippen LogP) is 4.70. The van der Waals surface area contributed by atoms with Crippen molar-refractivity contribution < 1.29 is 0 Å². The monoisotopic (exact) mass is 276 g/mol. The van der Waals surface area contributed by atoms with Crippen molar-refractivity contribution in [1.82, 2.24) is 0 Å². The van der Waals surface area contributed by atoms with Crippen molar-refractivity contribution in [3.8, 4) is 6.07 Å². The SMILES string of the molecule is N#Cc1cccc(NC2CCCCC2c2ccccc2)c1. The maximum absolute atomic E-state index is 9.02. The molecular formula is C19H20N2. The first-order chi connectivity index (χ1) is 10.4. The molecule has 1 aliphatic rings. The quantitative estimate of drug-likeness (QED) is 0.882. The van der Waals surface area contributed by atoms with Crippen LogP contribution in [-0.4, -0.2) is 6.04 Å². The van der Waals surface area contributed by atoms with E-state index in [9.17, 15) is 0 Å². The van der Waals surface area contributed by atoms with Gasteiger partial charge in [0.2, 0.25) is 0 Å². The van der Waals surface area contributed by atoms with E-state index >= 15 is 0 Å². The highest BCUT2D eigenvalue weighted by molar-refractivity contribution is 5.50. The number of hydrogen-bond acceptors (Lipinski definition) is 2. The molecule has 2 aromatic carbocycles. The van der Waals surface area contributed by atoms with Gasteiger partial charge in [-0.3, -0.25) is 0 Å². The first-order valence-corrected chi connectivity index (χ1v) is 7.68. The van der Waals surface area contributed by atoms with Crippen LogP contribution in [0.25, 0.3) is 0 Å². The fourth-order valence-corrected chi connectivity index (χ4v) is 3.30. The summed E-state index contributed by atoms with van der Waals surface area (Å²) in [7, 11) is 0. The summed E-state index contributed by atoms with van der Waals surface area (Å²) in [4.78, 5) is 0. The minimum Gasteiger partial charge on any atom is -0.382 e. The second-order valence-corrected chi connectivity index (χ2v) is 5.75. The molecule has 0 amide bonds. The number of nitriles is 1. The molecule has 2 unspecified atom stereocenters. The van der Waals surface area contributed by atoms with Gasteiger partial charge in [-0.2, -0.15) is 5.26 Å². The maximum atomic E-state index is 9.02. The Hall–Kier alpha value is -2.27. The Bertz CT molecular complexity index is 628. The lowest BCUT2D eigenvalue weighted by Gasteiger charge is -2.33. The maximum Gasteiger partial charge on any atom is 0.0992 e. The molecule has 0 bridgehead atoms. The molecule has 0 aromatic heterocycles. The third-order valence-electron chi connectivity index (χ3n) is 4.34. The van der Waals surface area contributed by atoms with Crippen LogP contribution < -0.4 is 5.32 Å². The molecule has 0 radical (unpaired) electrons. The van der Waals surface area contributed by atoms with Crippen molar-refractivity contribution in [2.24, 2.45) is 0 Å². The van der Waals surface area contributed by atoms with E-state index in [1.807, 2.05) is 18.2 Å². The van der Waals surface area contributed by atoms with Gasteiger partial charge in [0.15, 0.2) is 0 Å². The Labute approximate surface area is 126 Å². The van der Waals surface area contributed by atoms with Crippen LogP contribution in [0.4, 0.5) is 5.69 Å². The summed E-state index contributed by atoms with van der Waals surface area (Å²) < 4.78 is 0. The Morgan fingerprint density at radius 2 is 1.76 bits per heavy atom. The standard InChI is InChI=1S/C19H20N2/c20-14-15-7-6-10-17(13-15)21-19-12-5-4-11-18(19)16-8-2-1-3-9-16/h1-3,6-10,13,18-19,21H,4-5,11-12H2. The third kappa shape index (κ3) is 3.25. The van der Waals surface area contributed by atoms with E-state index in [0.29, 0.717) is 17.5 Å². The molecule has 2 heteroatoms. The largest absolute Gasteiger partial charge is 0.382 e. The van der Waals surface area contributed by atoms with Crippen LogP contribution >= 0.6 is 0 Å². The first kappa shape index (κ1) is 13.7. The van der Waals surface area contributed by atoms with E-state index in [2.05, 4.69) is 47.8 Å². The van der Waals surface area contributed by atoms with Crippen molar-refractivity contribution in [3.63, 3.8) is 0 Å². The number of benzene rings is 2. The number of anilines is 1. The Balaban J connectivity index is 1.80. The highest BCUT2D eigenvalue weighted by atomic mass is 14.9. The van der Waals surface area contributed by atoms with Crippen molar-refractivity contribution in [3.05, 3.63) is 65.7 Å². The molecule has 1 N–H and O–H groups in total. The normalized spacial score (nSPS) is 21.5. The van der Waals surface area contributed by atoms with Crippen LogP contribution in [0.3, 0.4) is 0 Å².